The van der Waals surface area contributed by atoms with E-state index in [2.05, 4.69) is 20.3 Å². The van der Waals surface area contributed by atoms with E-state index in [1.807, 2.05) is 31.2 Å². The van der Waals surface area contributed by atoms with Crippen molar-refractivity contribution in [1.29, 1.82) is 0 Å². The van der Waals surface area contributed by atoms with Crippen molar-refractivity contribution in [1.82, 2.24) is 19.7 Å². The molecule has 0 radical (unpaired) electrons. The van der Waals surface area contributed by atoms with Crippen LogP contribution in [0.1, 0.15) is 17.0 Å². The zero-order valence-corrected chi connectivity index (χ0v) is 12.6. The second-order valence-corrected chi connectivity index (χ2v) is 5.14. The molecule has 3 aromatic rings. The van der Waals surface area contributed by atoms with E-state index in [0.717, 1.165) is 5.56 Å². The molecule has 23 heavy (non-hydrogen) atoms. The van der Waals surface area contributed by atoms with Crippen molar-refractivity contribution < 1.29 is 14.7 Å². The van der Waals surface area contributed by atoms with Gasteiger partial charge in [0.05, 0.1) is 12.7 Å². The molecule has 0 aliphatic carbocycles. The van der Waals surface area contributed by atoms with Gasteiger partial charge in [-0.15, -0.1) is 10.2 Å². The third-order valence-electron chi connectivity index (χ3n) is 3.37. The maximum Gasteiger partial charge on any atom is 0.270 e. The van der Waals surface area contributed by atoms with Crippen LogP contribution in [-0.4, -0.2) is 30.1 Å². The molecule has 8 nitrogen and oxygen atoms in total. The number of hydrogen-bond donors (Lipinski definition) is 2. The first-order valence-corrected chi connectivity index (χ1v) is 6.89. The van der Waals surface area contributed by atoms with Gasteiger partial charge in [0.25, 0.3) is 5.89 Å². The fraction of sp³-hybridized carbons (Fsp3) is 0.200. The molecule has 0 spiro atoms. The molecule has 2 heterocycles. The smallest absolute Gasteiger partial charge is 0.270 e. The molecule has 0 bridgehead atoms. The van der Waals surface area contributed by atoms with E-state index < -0.39 is 0 Å². The first-order chi connectivity index (χ1) is 11.1. The van der Waals surface area contributed by atoms with Crippen molar-refractivity contribution in [3.8, 4) is 17.3 Å². The SMILES string of the molecule is Cc1ccc(Cc2nnc(-c3ncn(C)/c(=N/O)c3O)o2)cc1. The highest BCUT2D eigenvalue weighted by molar-refractivity contribution is 5.54. The molecular weight excluding hydrogens is 298 g/mol. The predicted molar refractivity (Wildman–Crippen MR) is 79.5 cm³/mol. The van der Waals surface area contributed by atoms with Crippen molar-refractivity contribution in [2.45, 2.75) is 13.3 Å². The standard InChI is InChI=1S/C15H15N5O3/c1-9-3-5-10(6-4-9)7-11-17-18-15(23-11)12-13(21)14(19-22)20(2)8-16-12/h3-6,8,21-22H,7H2,1-2H3/b19-14+. The maximum atomic E-state index is 10.1. The second kappa shape index (κ2) is 5.91. The van der Waals surface area contributed by atoms with E-state index >= 15 is 0 Å². The maximum absolute atomic E-state index is 10.1. The summed E-state index contributed by atoms with van der Waals surface area (Å²) in [7, 11) is 1.59. The van der Waals surface area contributed by atoms with Gasteiger partial charge in [-0.1, -0.05) is 35.0 Å². The minimum Gasteiger partial charge on any atom is -0.503 e. The number of aromatic hydroxyl groups is 1. The van der Waals surface area contributed by atoms with Crippen LogP contribution >= 0.6 is 0 Å². The average molecular weight is 313 g/mol. The van der Waals surface area contributed by atoms with Crippen LogP contribution in [0.5, 0.6) is 5.75 Å². The predicted octanol–water partition coefficient (Wildman–Crippen LogP) is 1.36. The van der Waals surface area contributed by atoms with Crippen molar-refractivity contribution >= 4 is 0 Å². The Bertz CT molecular complexity index is 896. The van der Waals surface area contributed by atoms with E-state index in [-0.39, 0.29) is 22.8 Å². The zero-order valence-electron chi connectivity index (χ0n) is 12.6. The summed E-state index contributed by atoms with van der Waals surface area (Å²) in [6.07, 6.45) is 1.86. The lowest BCUT2D eigenvalue weighted by Crippen LogP contribution is -2.19. The minimum absolute atomic E-state index is 0.0479. The molecule has 0 saturated heterocycles. The number of benzene rings is 1. The van der Waals surface area contributed by atoms with Crippen LogP contribution in [0.3, 0.4) is 0 Å². The summed E-state index contributed by atoms with van der Waals surface area (Å²) in [6, 6.07) is 7.98. The number of rotatable bonds is 3. The van der Waals surface area contributed by atoms with Crippen molar-refractivity contribution in [3.63, 3.8) is 0 Å². The molecule has 2 aromatic heterocycles. The third-order valence-corrected chi connectivity index (χ3v) is 3.37. The molecular formula is C15H15N5O3. The summed E-state index contributed by atoms with van der Waals surface area (Å²) in [5, 5.41) is 29.9. The van der Waals surface area contributed by atoms with E-state index in [1.54, 1.807) is 7.05 Å². The molecule has 2 N–H and O–H groups in total. The molecule has 0 atom stereocenters. The highest BCUT2D eigenvalue weighted by atomic mass is 16.4. The van der Waals surface area contributed by atoms with Gasteiger partial charge in [0.1, 0.15) is 0 Å². The van der Waals surface area contributed by atoms with Gasteiger partial charge in [-0.05, 0) is 12.5 Å². The van der Waals surface area contributed by atoms with Crippen molar-refractivity contribution in [3.05, 3.63) is 53.1 Å². The molecule has 1 aromatic carbocycles. The largest absolute Gasteiger partial charge is 0.503 e. The Morgan fingerprint density at radius 3 is 2.65 bits per heavy atom. The van der Waals surface area contributed by atoms with Gasteiger partial charge in [0.2, 0.25) is 11.4 Å². The normalized spacial score (nSPS) is 11.8. The van der Waals surface area contributed by atoms with Crippen molar-refractivity contribution in [2.24, 2.45) is 12.2 Å². The van der Waals surface area contributed by atoms with Gasteiger partial charge in [-0.25, -0.2) is 4.98 Å². The van der Waals surface area contributed by atoms with Crippen LogP contribution in [0.2, 0.25) is 0 Å². The summed E-state index contributed by atoms with van der Waals surface area (Å²) in [4.78, 5) is 4.03. The van der Waals surface area contributed by atoms with Gasteiger partial charge in [-0.3, -0.25) is 0 Å². The lowest BCUT2D eigenvalue weighted by atomic mass is 10.1. The van der Waals surface area contributed by atoms with E-state index in [1.165, 1.54) is 16.5 Å². The summed E-state index contributed by atoms with van der Waals surface area (Å²) < 4.78 is 6.91. The highest BCUT2D eigenvalue weighted by Crippen LogP contribution is 2.22. The quantitative estimate of drug-likeness (QED) is 0.558. The molecule has 118 valence electrons. The third kappa shape index (κ3) is 2.91. The Balaban J connectivity index is 1.92. The first kappa shape index (κ1) is 14.8. The molecule has 0 fully saturated rings. The van der Waals surface area contributed by atoms with Gasteiger partial charge in [0.15, 0.2) is 11.4 Å². The Labute approximate surface area is 131 Å². The molecule has 0 aliphatic heterocycles. The zero-order chi connectivity index (χ0) is 16.4. The minimum atomic E-state index is -0.331. The number of aryl methyl sites for hydroxylation is 2. The first-order valence-electron chi connectivity index (χ1n) is 6.89. The van der Waals surface area contributed by atoms with E-state index in [9.17, 15) is 5.11 Å². The number of hydrogen-bond acceptors (Lipinski definition) is 7. The van der Waals surface area contributed by atoms with Gasteiger partial charge in [0, 0.05) is 7.05 Å². The van der Waals surface area contributed by atoms with Crippen LogP contribution in [0.25, 0.3) is 11.6 Å². The monoisotopic (exact) mass is 313 g/mol. The molecule has 8 heteroatoms. The summed E-state index contributed by atoms with van der Waals surface area (Å²) in [5.41, 5.74) is 2.23. The van der Waals surface area contributed by atoms with Crippen LogP contribution in [0.15, 0.2) is 40.2 Å². The number of aromatic nitrogens is 4. The van der Waals surface area contributed by atoms with Gasteiger partial charge < -0.3 is 19.3 Å². The Morgan fingerprint density at radius 1 is 1.22 bits per heavy atom. The Kier molecular flexibility index (Phi) is 3.80. The topological polar surface area (TPSA) is 110 Å². The van der Waals surface area contributed by atoms with Crippen LogP contribution in [0.4, 0.5) is 0 Å². The van der Waals surface area contributed by atoms with Crippen LogP contribution in [-0.2, 0) is 13.5 Å². The Morgan fingerprint density at radius 2 is 1.96 bits per heavy atom. The fourth-order valence-electron chi connectivity index (χ4n) is 2.11. The second-order valence-electron chi connectivity index (χ2n) is 5.14. The van der Waals surface area contributed by atoms with E-state index in [4.69, 9.17) is 9.62 Å². The molecule has 0 unspecified atom stereocenters. The molecule has 0 saturated carbocycles. The van der Waals surface area contributed by atoms with Crippen LogP contribution < -0.4 is 5.49 Å². The molecule has 0 amide bonds. The van der Waals surface area contributed by atoms with Crippen LogP contribution in [0, 0.1) is 6.92 Å². The van der Waals surface area contributed by atoms with Gasteiger partial charge in [-0.2, -0.15) is 0 Å². The number of nitrogens with zero attached hydrogens (tertiary/aromatic N) is 5. The Hall–Kier alpha value is -3.16. The lowest BCUT2D eigenvalue weighted by Gasteiger charge is -2.02. The fourth-order valence-corrected chi connectivity index (χ4v) is 2.11. The van der Waals surface area contributed by atoms with Crippen molar-refractivity contribution in [2.75, 3.05) is 0 Å². The average Bonchev–Trinajstić information content (AvgIpc) is 2.98. The molecule has 3 rings (SSSR count). The van der Waals surface area contributed by atoms with Gasteiger partial charge >= 0.3 is 0 Å². The summed E-state index contributed by atoms with van der Waals surface area (Å²) >= 11 is 0. The summed E-state index contributed by atoms with van der Waals surface area (Å²) in [5.74, 6) is 0.138. The lowest BCUT2D eigenvalue weighted by molar-refractivity contribution is 0.288. The highest BCUT2D eigenvalue weighted by Gasteiger charge is 2.17. The van der Waals surface area contributed by atoms with E-state index in [0.29, 0.717) is 12.3 Å². The molecule has 0 aliphatic rings. The summed E-state index contributed by atoms with van der Waals surface area (Å²) in [6.45, 7) is 2.02.